The molecule has 1 aromatic carbocycles. The van der Waals surface area contributed by atoms with Gasteiger partial charge in [0.15, 0.2) is 5.96 Å². The minimum absolute atomic E-state index is 0.595. The molecule has 0 aliphatic rings. The van der Waals surface area contributed by atoms with E-state index in [1.807, 2.05) is 43.9 Å². The summed E-state index contributed by atoms with van der Waals surface area (Å²) < 4.78 is 12.7. The van der Waals surface area contributed by atoms with E-state index in [9.17, 15) is 0 Å². The molecule has 0 atom stereocenters. The minimum Gasteiger partial charge on any atom is -0.497 e. The summed E-state index contributed by atoms with van der Waals surface area (Å²) in [5.74, 6) is 2.43. The van der Waals surface area contributed by atoms with Gasteiger partial charge in [0.05, 0.1) is 26.5 Å². The molecule has 0 aliphatic heterocycles. The van der Waals surface area contributed by atoms with Gasteiger partial charge in [-0.25, -0.2) is 4.99 Å². The summed E-state index contributed by atoms with van der Waals surface area (Å²) >= 11 is 0. The van der Waals surface area contributed by atoms with Gasteiger partial charge in [0.1, 0.15) is 11.5 Å². The SMILES string of the molecule is CCNC(=NCc1c(C)nn(C)c1C)N(C)Cc1ccc(OC)cc1OC. The topological polar surface area (TPSA) is 63.9 Å². The molecular formula is C20H31N5O2. The van der Waals surface area contributed by atoms with E-state index >= 15 is 0 Å². The van der Waals surface area contributed by atoms with Crippen LogP contribution in [0.25, 0.3) is 0 Å². The Morgan fingerprint density at radius 3 is 2.56 bits per heavy atom. The molecule has 1 heterocycles. The molecule has 0 saturated carbocycles. The van der Waals surface area contributed by atoms with Gasteiger partial charge in [-0.1, -0.05) is 0 Å². The van der Waals surface area contributed by atoms with Gasteiger partial charge in [-0.3, -0.25) is 4.68 Å². The number of nitrogens with one attached hydrogen (secondary N) is 1. The van der Waals surface area contributed by atoms with Crippen LogP contribution in [-0.4, -0.2) is 48.5 Å². The Kier molecular flexibility index (Phi) is 7.10. The molecule has 7 heteroatoms. The summed E-state index contributed by atoms with van der Waals surface area (Å²) in [6, 6.07) is 5.86. The maximum absolute atomic E-state index is 5.51. The van der Waals surface area contributed by atoms with Gasteiger partial charge in [-0.05, 0) is 32.9 Å². The van der Waals surface area contributed by atoms with Gasteiger partial charge in [0, 0.05) is 50.1 Å². The number of ether oxygens (including phenoxy) is 2. The zero-order valence-corrected chi connectivity index (χ0v) is 17.5. The molecule has 0 saturated heterocycles. The van der Waals surface area contributed by atoms with Gasteiger partial charge in [-0.15, -0.1) is 0 Å². The van der Waals surface area contributed by atoms with Crippen LogP contribution in [0.15, 0.2) is 23.2 Å². The largest absolute Gasteiger partial charge is 0.497 e. The van der Waals surface area contributed by atoms with Crippen LogP contribution in [-0.2, 0) is 20.1 Å². The predicted molar refractivity (Wildman–Crippen MR) is 109 cm³/mol. The smallest absolute Gasteiger partial charge is 0.194 e. The first-order valence-electron chi connectivity index (χ1n) is 9.10. The monoisotopic (exact) mass is 373 g/mol. The Balaban J connectivity index is 2.20. The van der Waals surface area contributed by atoms with Crippen LogP contribution < -0.4 is 14.8 Å². The summed E-state index contributed by atoms with van der Waals surface area (Å²) in [4.78, 5) is 6.91. The Bertz CT molecular complexity index is 798. The predicted octanol–water partition coefficient (Wildman–Crippen LogP) is 2.65. The number of nitrogens with zero attached hydrogens (tertiary/aromatic N) is 4. The number of guanidine groups is 1. The number of aryl methyl sites for hydroxylation is 2. The molecule has 2 aromatic rings. The molecule has 7 nitrogen and oxygen atoms in total. The summed E-state index contributed by atoms with van der Waals surface area (Å²) in [6.45, 7) is 8.23. The van der Waals surface area contributed by atoms with E-state index in [0.29, 0.717) is 13.1 Å². The molecule has 0 unspecified atom stereocenters. The zero-order valence-electron chi connectivity index (χ0n) is 17.5. The van der Waals surface area contributed by atoms with Crippen molar-refractivity contribution in [1.29, 1.82) is 0 Å². The number of aliphatic imine (C=N–C) groups is 1. The van der Waals surface area contributed by atoms with E-state index < -0.39 is 0 Å². The highest BCUT2D eigenvalue weighted by Crippen LogP contribution is 2.25. The second-order valence-electron chi connectivity index (χ2n) is 6.48. The fourth-order valence-corrected chi connectivity index (χ4v) is 2.98. The molecule has 0 spiro atoms. The highest BCUT2D eigenvalue weighted by atomic mass is 16.5. The summed E-state index contributed by atoms with van der Waals surface area (Å²) in [5, 5.41) is 7.83. The van der Waals surface area contributed by atoms with Crippen LogP contribution in [0.2, 0.25) is 0 Å². The number of methoxy groups -OCH3 is 2. The van der Waals surface area contributed by atoms with Crippen molar-refractivity contribution < 1.29 is 9.47 Å². The van der Waals surface area contributed by atoms with E-state index in [1.165, 1.54) is 5.56 Å². The number of rotatable bonds is 7. The van der Waals surface area contributed by atoms with Crippen LogP contribution in [0.4, 0.5) is 0 Å². The Hall–Kier alpha value is -2.70. The van der Waals surface area contributed by atoms with Gasteiger partial charge in [0.2, 0.25) is 0 Å². The molecule has 2 rings (SSSR count). The zero-order chi connectivity index (χ0) is 20.0. The lowest BCUT2D eigenvalue weighted by atomic mass is 10.2. The molecular weight excluding hydrogens is 342 g/mol. The Labute approximate surface area is 162 Å². The van der Waals surface area contributed by atoms with Crippen molar-refractivity contribution in [3.63, 3.8) is 0 Å². The normalized spacial score (nSPS) is 11.4. The molecule has 1 N–H and O–H groups in total. The first-order chi connectivity index (χ1) is 12.9. The summed E-state index contributed by atoms with van der Waals surface area (Å²) in [6.07, 6.45) is 0. The van der Waals surface area contributed by atoms with Crippen molar-refractivity contribution in [2.24, 2.45) is 12.0 Å². The molecule has 1 aromatic heterocycles. The van der Waals surface area contributed by atoms with Gasteiger partial charge in [0.25, 0.3) is 0 Å². The molecule has 0 radical (unpaired) electrons. The maximum Gasteiger partial charge on any atom is 0.194 e. The fraction of sp³-hybridized carbons (Fsp3) is 0.500. The quantitative estimate of drug-likeness (QED) is 0.597. The third-order valence-corrected chi connectivity index (χ3v) is 4.64. The fourth-order valence-electron chi connectivity index (χ4n) is 2.98. The van der Waals surface area contributed by atoms with Crippen LogP contribution in [0.1, 0.15) is 29.4 Å². The number of aromatic nitrogens is 2. The van der Waals surface area contributed by atoms with Crippen molar-refractivity contribution in [3.8, 4) is 11.5 Å². The molecule has 0 aliphatic carbocycles. The maximum atomic E-state index is 5.51. The highest BCUT2D eigenvalue weighted by Gasteiger charge is 2.13. The van der Waals surface area contributed by atoms with E-state index in [0.717, 1.165) is 41.0 Å². The van der Waals surface area contributed by atoms with Crippen molar-refractivity contribution in [1.82, 2.24) is 20.0 Å². The van der Waals surface area contributed by atoms with E-state index in [1.54, 1.807) is 14.2 Å². The van der Waals surface area contributed by atoms with Crippen molar-refractivity contribution in [2.45, 2.75) is 33.9 Å². The number of benzene rings is 1. The van der Waals surface area contributed by atoms with Gasteiger partial charge >= 0.3 is 0 Å². The first kappa shape index (κ1) is 20.6. The van der Waals surface area contributed by atoms with Crippen molar-refractivity contribution in [3.05, 3.63) is 40.7 Å². The molecule has 0 bridgehead atoms. The highest BCUT2D eigenvalue weighted by molar-refractivity contribution is 5.79. The average Bonchev–Trinajstić information content (AvgIpc) is 2.90. The third kappa shape index (κ3) is 4.93. The van der Waals surface area contributed by atoms with Crippen LogP contribution in [0.5, 0.6) is 11.5 Å². The molecule has 0 fully saturated rings. The number of hydrogen-bond acceptors (Lipinski definition) is 4. The van der Waals surface area contributed by atoms with E-state index in [2.05, 4.69) is 29.2 Å². The lowest BCUT2D eigenvalue weighted by Crippen LogP contribution is -2.38. The van der Waals surface area contributed by atoms with Crippen molar-refractivity contribution in [2.75, 3.05) is 27.8 Å². The number of hydrogen-bond donors (Lipinski definition) is 1. The third-order valence-electron chi connectivity index (χ3n) is 4.64. The summed E-state index contributed by atoms with van der Waals surface area (Å²) in [5.41, 5.74) is 4.41. The lowest BCUT2D eigenvalue weighted by molar-refractivity contribution is 0.382. The molecule has 0 amide bonds. The van der Waals surface area contributed by atoms with Crippen molar-refractivity contribution >= 4 is 5.96 Å². The standard InChI is InChI=1S/C20H31N5O2/c1-8-21-20(22-12-18-14(2)23-25(5)15(18)3)24(4)13-16-9-10-17(26-6)11-19(16)27-7/h9-11H,8,12-13H2,1-7H3,(H,21,22). The van der Waals surface area contributed by atoms with Crippen LogP contribution in [0, 0.1) is 13.8 Å². The molecule has 148 valence electrons. The van der Waals surface area contributed by atoms with Crippen LogP contribution >= 0.6 is 0 Å². The van der Waals surface area contributed by atoms with Gasteiger partial charge in [-0.2, -0.15) is 5.10 Å². The Morgan fingerprint density at radius 1 is 1.26 bits per heavy atom. The summed E-state index contributed by atoms with van der Waals surface area (Å²) in [7, 11) is 7.31. The second kappa shape index (κ2) is 9.30. The van der Waals surface area contributed by atoms with E-state index in [4.69, 9.17) is 14.5 Å². The van der Waals surface area contributed by atoms with Crippen LogP contribution in [0.3, 0.4) is 0 Å². The lowest BCUT2D eigenvalue weighted by Gasteiger charge is -2.23. The second-order valence-corrected chi connectivity index (χ2v) is 6.48. The molecule has 27 heavy (non-hydrogen) atoms. The Morgan fingerprint density at radius 2 is 2.00 bits per heavy atom. The van der Waals surface area contributed by atoms with E-state index in [-0.39, 0.29) is 0 Å². The minimum atomic E-state index is 0.595. The first-order valence-corrected chi connectivity index (χ1v) is 9.10. The van der Waals surface area contributed by atoms with Gasteiger partial charge < -0.3 is 19.7 Å². The average molecular weight is 374 g/mol.